The molecule has 0 spiro atoms. The first-order chi connectivity index (χ1) is 9.70. The van der Waals surface area contributed by atoms with Crippen molar-refractivity contribution >= 4 is 38.6 Å². The fourth-order valence-corrected chi connectivity index (χ4v) is 3.00. The SMILES string of the molecule is NCCc1nc2ccccc2n1-c1ncc(Cl)cc1Br. The normalized spacial score (nSPS) is 11.2. The Balaban J connectivity index is 2.30. The van der Waals surface area contributed by atoms with Crippen molar-refractivity contribution in [1.29, 1.82) is 0 Å². The van der Waals surface area contributed by atoms with Crippen LogP contribution in [-0.4, -0.2) is 21.1 Å². The molecule has 0 radical (unpaired) electrons. The van der Waals surface area contributed by atoms with E-state index < -0.39 is 0 Å². The summed E-state index contributed by atoms with van der Waals surface area (Å²) in [4.78, 5) is 9.05. The molecule has 0 aliphatic heterocycles. The number of aromatic nitrogens is 3. The summed E-state index contributed by atoms with van der Waals surface area (Å²) in [6.07, 6.45) is 2.31. The molecule has 0 aliphatic rings. The van der Waals surface area contributed by atoms with Gasteiger partial charge in [-0.15, -0.1) is 0 Å². The zero-order valence-corrected chi connectivity index (χ0v) is 12.9. The highest BCUT2D eigenvalue weighted by atomic mass is 79.9. The number of halogens is 2. The standard InChI is InChI=1S/C14H12BrClN4/c15-10-7-9(16)8-18-14(10)20-12-4-2-1-3-11(12)19-13(20)5-6-17/h1-4,7-8H,5-6,17H2. The summed E-state index contributed by atoms with van der Waals surface area (Å²) in [5.41, 5.74) is 7.62. The number of pyridine rings is 1. The van der Waals surface area contributed by atoms with E-state index in [1.54, 1.807) is 6.20 Å². The lowest BCUT2D eigenvalue weighted by atomic mass is 10.3. The fraction of sp³-hybridized carbons (Fsp3) is 0.143. The van der Waals surface area contributed by atoms with Gasteiger partial charge < -0.3 is 5.73 Å². The molecule has 1 aromatic carbocycles. The summed E-state index contributed by atoms with van der Waals surface area (Å²) in [5, 5.41) is 0.588. The Morgan fingerprint density at radius 3 is 2.85 bits per heavy atom. The van der Waals surface area contributed by atoms with E-state index in [1.807, 2.05) is 34.9 Å². The van der Waals surface area contributed by atoms with Crippen LogP contribution in [0.4, 0.5) is 0 Å². The summed E-state index contributed by atoms with van der Waals surface area (Å²) < 4.78 is 2.84. The number of rotatable bonds is 3. The molecular weight excluding hydrogens is 340 g/mol. The number of imidazole rings is 1. The Bertz CT molecular complexity index is 769. The zero-order chi connectivity index (χ0) is 14.1. The Labute approximate surface area is 129 Å². The van der Waals surface area contributed by atoms with Crippen molar-refractivity contribution in [2.75, 3.05) is 6.54 Å². The maximum Gasteiger partial charge on any atom is 0.153 e. The number of hydrogen-bond acceptors (Lipinski definition) is 3. The molecule has 102 valence electrons. The quantitative estimate of drug-likeness (QED) is 0.787. The van der Waals surface area contributed by atoms with Crippen LogP contribution in [-0.2, 0) is 6.42 Å². The van der Waals surface area contributed by atoms with Crippen molar-refractivity contribution in [3.05, 3.63) is 51.8 Å². The van der Waals surface area contributed by atoms with E-state index in [0.717, 1.165) is 27.1 Å². The van der Waals surface area contributed by atoms with Crippen molar-refractivity contribution in [2.45, 2.75) is 6.42 Å². The van der Waals surface area contributed by atoms with Crippen molar-refractivity contribution in [2.24, 2.45) is 5.73 Å². The van der Waals surface area contributed by atoms with Gasteiger partial charge in [-0.25, -0.2) is 9.97 Å². The highest BCUT2D eigenvalue weighted by Crippen LogP contribution is 2.27. The van der Waals surface area contributed by atoms with Crippen LogP contribution in [0.1, 0.15) is 5.82 Å². The molecule has 0 bridgehead atoms. The highest BCUT2D eigenvalue weighted by molar-refractivity contribution is 9.10. The molecule has 2 aromatic heterocycles. The van der Waals surface area contributed by atoms with Crippen LogP contribution in [0.15, 0.2) is 41.0 Å². The lowest BCUT2D eigenvalue weighted by molar-refractivity contribution is 0.833. The van der Waals surface area contributed by atoms with Crippen LogP contribution < -0.4 is 5.73 Å². The number of para-hydroxylation sites is 2. The molecule has 20 heavy (non-hydrogen) atoms. The van der Waals surface area contributed by atoms with Gasteiger partial charge in [-0.05, 0) is 40.7 Å². The van der Waals surface area contributed by atoms with Crippen LogP contribution in [0.2, 0.25) is 5.02 Å². The van der Waals surface area contributed by atoms with Gasteiger partial charge in [0.25, 0.3) is 0 Å². The van der Waals surface area contributed by atoms with Gasteiger partial charge in [-0.1, -0.05) is 23.7 Å². The third-order valence-electron chi connectivity index (χ3n) is 3.00. The molecule has 0 atom stereocenters. The average Bonchev–Trinajstić information content (AvgIpc) is 2.78. The number of fused-ring (bicyclic) bond motifs is 1. The van der Waals surface area contributed by atoms with Crippen molar-refractivity contribution in [3.63, 3.8) is 0 Å². The Hall–Kier alpha value is -1.43. The third kappa shape index (κ3) is 2.32. The number of benzene rings is 1. The van der Waals surface area contributed by atoms with E-state index in [4.69, 9.17) is 17.3 Å². The smallest absolute Gasteiger partial charge is 0.153 e. The monoisotopic (exact) mass is 350 g/mol. The van der Waals surface area contributed by atoms with Gasteiger partial charge in [-0.2, -0.15) is 0 Å². The summed E-state index contributed by atoms with van der Waals surface area (Å²) in [7, 11) is 0. The van der Waals surface area contributed by atoms with Gasteiger partial charge in [0.15, 0.2) is 5.82 Å². The van der Waals surface area contributed by atoms with Crippen LogP contribution in [0.25, 0.3) is 16.9 Å². The zero-order valence-electron chi connectivity index (χ0n) is 10.6. The highest BCUT2D eigenvalue weighted by Gasteiger charge is 2.15. The number of nitrogens with zero attached hydrogens (tertiary/aromatic N) is 3. The molecule has 4 nitrogen and oxygen atoms in total. The third-order valence-corrected chi connectivity index (χ3v) is 3.79. The van der Waals surface area contributed by atoms with E-state index in [1.165, 1.54) is 0 Å². The second-order valence-electron chi connectivity index (χ2n) is 4.35. The first kappa shape index (κ1) is 13.5. The van der Waals surface area contributed by atoms with E-state index in [-0.39, 0.29) is 0 Å². The minimum absolute atomic E-state index is 0.536. The Morgan fingerprint density at radius 1 is 1.30 bits per heavy atom. The minimum atomic E-state index is 0.536. The topological polar surface area (TPSA) is 56.7 Å². The molecule has 0 fully saturated rings. The van der Waals surface area contributed by atoms with E-state index in [0.29, 0.717) is 18.0 Å². The summed E-state index contributed by atoms with van der Waals surface area (Å²) in [5.74, 6) is 1.66. The lowest BCUT2D eigenvalue weighted by Gasteiger charge is -2.10. The predicted octanol–water partition coefficient (Wildman–Crippen LogP) is 3.34. The van der Waals surface area contributed by atoms with E-state index >= 15 is 0 Å². The van der Waals surface area contributed by atoms with Gasteiger partial charge in [0.1, 0.15) is 5.82 Å². The van der Waals surface area contributed by atoms with Gasteiger partial charge in [-0.3, -0.25) is 4.57 Å². The second-order valence-corrected chi connectivity index (χ2v) is 5.64. The van der Waals surface area contributed by atoms with Crippen molar-refractivity contribution in [1.82, 2.24) is 14.5 Å². The number of hydrogen-bond donors (Lipinski definition) is 1. The van der Waals surface area contributed by atoms with Crippen molar-refractivity contribution < 1.29 is 0 Å². The molecule has 0 unspecified atom stereocenters. The molecule has 3 rings (SSSR count). The molecule has 3 aromatic rings. The maximum absolute atomic E-state index is 5.96. The van der Waals surface area contributed by atoms with Gasteiger partial charge in [0, 0.05) is 12.6 Å². The van der Waals surface area contributed by atoms with Crippen molar-refractivity contribution in [3.8, 4) is 5.82 Å². The number of nitrogens with two attached hydrogens (primary N) is 1. The molecule has 0 saturated heterocycles. The Morgan fingerprint density at radius 2 is 2.10 bits per heavy atom. The molecule has 0 aliphatic carbocycles. The van der Waals surface area contributed by atoms with Gasteiger partial charge in [0.2, 0.25) is 0 Å². The minimum Gasteiger partial charge on any atom is -0.330 e. The predicted molar refractivity (Wildman–Crippen MR) is 84.3 cm³/mol. The van der Waals surface area contributed by atoms with E-state index in [9.17, 15) is 0 Å². The molecular formula is C14H12BrClN4. The maximum atomic E-state index is 5.96. The lowest BCUT2D eigenvalue weighted by Crippen LogP contribution is -2.10. The molecule has 0 saturated carbocycles. The van der Waals surface area contributed by atoms with Crippen LogP contribution in [0, 0.1) is 0 Å². The Kier molecular flexibility index (Phi) is 3.74. The first-order valence-electron chi connectivity index (χ1n) is 6.18. The van der Waals surface area contributed by atoms with Crippen LogP contribution >= 0.6 is 27.5 Å². The molecule has 2 N–H and O–H groups in total. The summed E-state index contributed by atoms with van der Waals surface area (Å²) in [6.45, 7) is 0.536. The van der Waals surface area contributed by atoms with E-state index in [2.05, 4.69) is 25.9 Å². The first-order valence-corrected chi connectivity index (χ1v) is 7.35. The molecule has 0 amide bonds. The second kappa shape index (κ2) is 5.52. The fourth-order valence-electron chi connectivity index (χ4n) is 2.18. The van der Waals surface area contributed by atoms with Crippen LogP contribution in [0.5, 0.6) is 0 Å². The largest absolute Gasteiger partial charge is 0.330 e. The summed E-state index contributed by atoms with van der Waals surface area (Å²) in [6, 6.07) is 9.78. The summed E-state index contributed by atoms with van der Waals surface area (Å²) >= 11 is 9.47. The van der Waals surface area contributed by atoms with Crippen LogP contribution in [0.3, 0.4) is 0 Å². The molecule has 2 heterocycles. The molecule has 6 heteroatoms. The average molecular weight is 352 g/mol. The van der Waals surface area contributed by atoms with Gasteiger partial charge in [0.05, 0.1) is 20.5 Å². The van der Waals surface area contributed by atoms with Gasteiger partial charge >= 0.3 is 0 Å².